The lowest BCUT2D eigenvalue weighted by molar-refractivity contribution is -0.123. The summed E-state index contributed by atoms with van der Waals surface area (Å²) < 4.78 is 10.6. The molecule has 0 fully saturated rings. The van der Waals surface area contributed by atoms with E-state index in [1.54, 1.807) is 0 Å². The Balaban J connectivity index is 0.000000151. The summed E-state index contributed by atoms with van der Waals surface area (Å²) in [4.78, 5) is 22.5. The number of carbonyl (C=O) groups excluding carboxylic acids is 2. The number of hydrazine groups is 2. The fourth-order valence-corrected chi connectivity index (χ4v) is 2.96. The summed E-state index contributed by atoms with van der Waals surface area (Å²) in [7, 11) is 0. The van der Waals surface area contributed by atoms with E-state index < -0.39 is 0 Å². The van der Waals surface area contributed by atoms with Crippen molar-refractivity contribution in [2.24, 2.45) is 11.7 Å². The number of hydrogen-bond acceptors (Lipinski definition) is 6. The summed E-state index contributed by atoms with van der Waals surface area (Å²) in [6, 6.07) is 15.0. The summed E-state index contributed by atoms with van der Waals surface area (Å²) in [5, 5.41) is 0. The maximum absolute atomic E-state index is 11.3. The summed E-state index contributed by atoms with van der Waals surface area (Å²) in [6.07, 6.45) is 0. The van der Waals surface area contributed by atoms with Gasteiger partial charge in [0.15, 0.2) is 0 Å². The fourth-order valence-electron chi connectivity index (χ4n) is 2.96. The van der Waals surface area contributed by atoms with E-state index in [9.17, 15) is 9.59 Å². The summed E-state index contributed by atoms with van der Waals surface area (Å²) in [5.74, 6) is 10.7. The third-order valence-corrected chi connectivity index (χ3v) is 4.32. The Labute approximate surface area is 150 Å². The van der Waals surface area contributed by atoms with Crippen LogP contribution in [0.1, 0.15) is 23.0 Å². The molecule has 26 heavy (non-hydrogen) atoms. The van der Waals surface area contributed by atoms with Gasteiger partial charge in [-0.3, -0.25) is 20.4 Å². The molecule has 2 aromatic rings. The van der Waals surface area contributed by atoms with Crippen LogP contribution in [0, 0.1) is 0 Å². The third-order valence-electron chi connectivity index (χ3n) is 4.32. The molecule has 0 saturated heterocycles. The number of amides is 2. The van der Waals surface area contributed by atoms with Crippen molar-refractivity contribution in [1.29, 1.82) is 0 Å². The number of nitrogens with one attached hydrogen (secondary N) is 2. The van der Waals surface area contributed by atoms with Gasteiger partial charge in [0.25, 0.3) is 0 Å². The third kappa shape index (κ3) is 3.46. The predicted octanol–water partition coefficient (Wildman–Crippen LogP) is 0.305. The predicted molar refractivity (Wildman–Crippen MR) is 94.0 cm³/mol. The van der Waals surface area contributed by atoms with Crippen molar-refractivity contribution in [1.82, 2.24) is 10.9 Å². The first-order valence-electron chi connectivity index (χ1n) is 8.10. The molecule has 2 aliphatic rings. The Morgan fingerprint density at radius 1 is 0.769 bits per heavy atom. The van der Waals surface area contributed by atoms with Crippen LogP contribution in [0.15, 0.2) is 48.5 Å². The average Bonchev–Trinajstić information content (AvgIpc) is 3.31. The van der Waals surface area contributed by atoms with Crippen LogP contribution in [-0.2, 0) is 9.59 Å². The van der Waals surface area contributed by atoms with Crippen molar-refractivity contribution >= 4 is 11.8 Å². The molecular formula is C18H20N4O4. The molecule has 8 heteroatoms. The number of nitrogens with two attached hydrogens (primary N) is 2. The minimum Gasteiger partial charge on any atom is -0.492 e. The Morgan fingerprint density at radius 2 is 1.15 bits per heavy atom. The van der Waals surface area contributed by atoms with E-state index in [-0.39, 0.29) is 23.7 Å². The molecule has 8 nitrogen and oxygen atoms in total. The van der Waals surface area contributed by atoms with E-state index in [0.717, 1.165) is 22.6 Å². The monoisotopic (exact) mass is 356 g/mol. The number of ether oxygens (including phenoxy) is 2. The number of hydrogen-bond donors (Lipinski definition) is 4. The van der Waals surface area contributed by atoms with Gasteiger partial charge >= 0.3 is 0 Å². The zero-order valence-electron chi connectivity index (χ0n) is 14.0. The highest BCUT2D eigenvalue weighted by Crippen LogP contribution is 2.34. The van der Waals surface area contributed by atoms with Gasteiger partial charge in [0.2, 0.25) is 11.8 Å². The lowest BCUT2D eigenvalue weighted by Gasteiger charge is -2.05. The van der Waals surface area contributed by atoms with E-state index in [0.29, 0.717) is 13.2 Å². The van der Waals surface area contributed by atoms with Crippen LogP contribution in [0.3, 0.4) is 0 Å². The second-order valence-electron chi connectivity index (χ2n) is 5.82. The molecule has 2 atom stereocenters. The molecule has 0 radical (unpaired) electrons. The number of para-hydroxylation sites is 2. The minimum absolute atomic E-state index is 0.204. The number of carbonyl (C=O) groups is 2. The highest BCUT2D eigenvalue weighted by atomic mass is 16.5. The molecule has 6 N–H and O–H groups in total. The van der Waals surface area contributed by atoms with Crippen LogP contribution in [-0.4, -0.2) is 25.0 Å². The zero-order chi connectivity index (χ0) is 18.5. The van der Waals surface area contributed by atoms with Crippen LogP contribution in [0.5, 0.6) is 11.5 Å². The molecule has 0 aliphatic carbocycles. The fraction of sp³-hybridized carbons (Fsp3) is 0.222. The Morgan fingerprint density at radius 3 is 1.54 bits per heavy atom. The van der Waals surface area contributed by atoms with E-state index in [4.69, 9.17) is 21.2 Å². The number of rotatable bonds is 2. The summed E-state index contributed by atoms with van der Waals surface area (Å²) >= 11 is 0. The van der Waals surface area contributed by atoms with E-state index >= 15 is 0 Å². The number of benzene rings is 2. The molecule has 4 rings (SSSR count). The van der Waals surface area contributed by atoms with Crippen LogP contribution in [0.25, 0.3) is 0 Å². The number of fused-ring (bicyclic) bond motifs is 2. The van der Waals surface area contributed by atoms with Gasteiger partial charge in [-0.25, -0.2) is 11.7 Å². The van der Waals surface area contributed by atoms with Gasteiger partial charge in [-0.1, -0.05) is 36.4 Å². The molecule has 0 saturated carbocycles. The van der Waals surface area contributed by atoms with Crippen LogP contribution in [0.4, 0.5) is 0 Å². The Bertz CT molecular complexity index is 744. The van der Waals surface area contributed by atoms with Gasteiger partial charge in [-0.05, 0) is 12.1 Å². The van der Waals surface area contributed by atoms with Gasteiger partial charge in [-0.15, -0.1) is 0 Å². The standard InChI is InChI=1S/2C9H10N2O2/c2*10-11-9(12)7-5-13-8-4-2-1-3-6(7)8/h2*1-4,7H,5,10H2,(H,11,12)/t2*7-/m10/s1. The first-order chi connectivity index (χ1) is 12.7. The van der Waals surface area contributed by atoms with Gasteiger partial charge in [-0.2, -0.15) is 0 Å². The van der Waals surface area contributed by atoms with Gasteiger partial charge < -0.3 is 9.47 Å². The molecular weight excluding hydrogens is 336 g/mol. The molecule has 2 aliphatic heterocycles. The van der Waals surface area contributed by atoms with Crippen molar-refractivity contribution in [2.75, 3.05) is 13.2 Å². The second-order valence-corrected chi connectivity index (χ2v) is 5.82. The first kappa shape index (κ1) is 17.7. The van der Waals surface area contributed by atoms with Crippen LogP contribution >= 0.6 is 0 Å². The largest absolute Gasteiger partial charge is 0.492 e. The van der Waals surface area contributed by atoms with E-state index in [1.165, 1.54) is 0 Å². The maximum Gasteiger partial charge on any atom is 0.245 e. The minimum atomic E-state index is -0.263. The van der Waals surface area contributed by atoms with Gasteiger partial charge in [0.05, 0.1) is 0 Å². The average molecular weight is 356 g/mol. The van der Waals surface area contributed by atoms with Crippen molar-refractivity contribution < 1.29 is 19.1 Å². The van der Waals surface area contributed by atoms with E-state index in [2.05, 4.69) is 10.9 Å². The van der Waals surface area contributed by atoms with Crippen molar-refractivity contribution in [3.63, 3.8) is 0 Å². The lowest BCUT2D eigenvalue weighted by atomic mass is 10.0. The highest BCUT2D eigenvalue weighted by Gasteiger charge is 2.30. The van der Waals surface area contributed by atoms with Crippen LogP contribution in [0.2, 0.25) is 0 Å². The normalized spacial score (nSPS) is 19.0. The zero-order valence-corrected chi connectivity index (χ0v) is 14.0. The quantitative estimate of drug-likeness (QED) is 0.348. The van der Waals surface area contributed by atoms with Gasteiger partial charge in [0.1, 0.15) is 36.5 Å². The van der Waals surface area contributed by atoms with Crippen LogP contribution < -0.4 is 32.0 Å². The first-order valence-corrected chi connectivity index (χ1v) is 8.10. The highest BCUT2D eigenvalue weighted by molar-refractivity contribution is 5.85. The van der Waals surface area contributed by atoms with Crippen molar-refractivity contribution in [3.05, 3.63) is 59.7 Å². The SMILES string of the molecule is NNC(=O)[C@@H]1COc2ccccc21.NNC(=O)[C@H]1COc2ccccc21. The van der Waals surface area contributed by atoms with Crippen molar-refractivity contribution in [3.8, 4) is 11.5 Å². The maximum atomic E-state index is 11.3. The van der Waals surface area contributed by atoms with Gasteiger partial charge in [0, 0.05) is 11.1 Å². The lowest BCUT2D eigenvalue weighted by Crippen LogP contribution is -2.35. The molecule has 0 bridgehead atoms. The second kappa shape index (κ2) is 7.85. The Kier molecular flexibility index (Phi) is 5.35. The summed E-state index contributed by atoms with van der Waals surface area (Å²) in [5.41, 5.74) is 6.07. The van der Waals surface area contributed by atoms with E-state index in [1.807, 2.05) is 48.5 Å². The summed E-state index contributed by atoms with van der Waals surface area (Å²) in [6.45, 7) is 0.755. The molecule has 2 aromatic carbocycles. The molecule has 0 unspecified atom stereocenters. The molecule has 2 amide bonds. The molecule has 0 aromatic heterocycles. The molecule has 0 spiro atoms. The molecule has 2 heterocycles. The topological polar surface area (TPSA) is 129 Å². The Hall–Kier alpha value is -3.10. The van der Waals surface area contributed by atoms with Crippen molar-refractivity contribution in [2.45, 2.75) is 11.8 Å². The molecule has 136 valence electrons. The smallest absolute Gasteiger partial charge is 0.245 e.